The van der Waals surface area contributed by atoms with Crippen molar-refractivity contribution in [1.29, 1.82) is 0 Å². The van der Waals surface area contributed by atoms with Gasteiger partial charge in [0.15, 0.2) is 0 Å². The van der Waals surface area contributed by atoms with Gasteiger partial charge in [-0.25, -0.2) is 0 Å². The maximum absolute atomic E-state index is 5.63. The fourth-order valence-corrected chi connectivity index (χ4v) is 0.769. The molecule has 3 heteroatoms. The highest BCUT2D eigenvalue weighted by atomic mass is 35.5. The molecule has 0 aliphatic carbocycles. The van der Waals surface area contributed by atoms with Crippen LogP contribution in [0.1, 0.15) is 0 Å². The van der Waals surface area contributed by atoms with Gasteiger partial charge < -0.3 is 5.23 Å². The molecule has 2 radical (unpaired) electrons. The van der Waals surface area contributed by atoms with Gasteiger partial charge in [0.1, 0.15) is 0 Å². The Morgan fingerprint density at radius 3 is 2.67 bits per heavy atom. The Bertz CT molecular complexity index is 202. The highest BCUT2D eigenvalue weighted by molar-refractivity contribution is 6.31. The van der Waals surface area contributed by atoms with Crippen molar-refractivity contribution in [3.8, 4) is 0 Å². The lowest BCUT2D eigenvalue weighted by Crippen LogP contribution is -1.88. The van der Waals surface area contributed by atoms with Crippen LogP contribution in [-0.4, -0.2) is 7.98 Å². The first-order chi connectivity index (χ1) is 4.33. The standard InChI is InChI=1S/C6H5BClN/c7-9-6-3-1-2-5(8)4-6/h1-4,9H. The predicted octanol–water partition coefficient (Wildman–Crippen LogP) is 1.84. The number of benzene rings is 1. The molecule has 0 saturated heterocycles. The first kappa shape index (κ1) is 6.49. The van der Waals surface area contributed by atoms with Crippen molar-refractivity contribution in [3.63, 3.8) is 0 Å². The van der Waals surface area contributed by atoms with Gasteiger partial charge in [0, 0.05) is 10.7 Å². The zero-order valence-corrected chi connectivity index (χ0v) is 5.52. The second-order valence-electron chi connectivity index (χ2n) is 1.65. The smallest absolute Gasteiger partial charge is 0.222 e. The van der Waals surface area contributed by atoms with E-state index in [9.17, 15) is 0 Å². The molecule has 0 aliphatic heterocycles. The van der Waals surface area contributed by atoms with E-state index in [2.05, 4.69) is 5.23 Å². The van der Waals surface area contributed by atoms with Crippen molar-refractivity contribution in [2.75, 3.05) is 5.23 Å². The molecular weight excluding hydrogens is 132 g/mol. The molecule has 0 unspecified atom stereocenters. The van der Waals surface area contributed by atoms with Gasteiger partial charge in [-0.05, 0) is 18.2 Å². The average Bonchev–Trinajstić information content (AvgIpc) is 1.88. The van der Waals surface area contributed by atoms with Crippen molar-refractivity contribution >= 4 is 25.3 Å². The first-order valence-electron chi connectivity index (χ1n) is 2.55. The summed E-state index contributed by atoms with van der Waals surface area (Å²) in [6.07, 6.45) is 0. The molecule has 0 spiro atoms. The van der Waals surface area contributed by atoms with Gasteiger partial charge in [-0.3, -0.25) is 0 Å². The van der Waals surface area contributed by atoms with Crippen LogP contribution in [0.4, 0.5) is 5.69 Å². The van der Waals surface area contributed by atoms with Crippen LogP contribution in [0, 0.1) is 0 Å². The number of anilines is 1. The Morgan fingerprint density at radius 1 is 1.44 bits per heavy atom. The summed E-state index contributed by atoms with van der Waals surface area (Å²) in [4.78, 5) is 0. The molecule has 1 aromatic rings. The second kappa shape index (κ2) is 2.78. The van der Waals surface area contributed by atoms with Gasteiger partial charge in [0.05, 0.1) is 0 Å². The summed E-state index contributed by atoms with van der Waals surface area (Å²) in [6.45, 7) is 0. The van der Waals surface area contributed by atoms with Crippen molar-refractivity contribution in [3.05, 3.63) is 29.3 Å². The second-order valence-corrected chi connectivity index (χ2v) is 2.09. The van der Waals surface area contributed by atoms with Gasteiger partial charge in [-0.1, -0.05) is 17.7 Å². The molecule has 1 nitrogen and oxygen atoms in total. The average molecular weight is 137 g/mol. The summed E-state index contributed by atoms with van der Waals surface area (Å²) in [5, 5.41) is 3.17. The lowest BCUT2D eigenvalue weighted by molar-refractivity contribution is 1.68. The molecule has 0 bridgehead atoms. The largest absolute Gasteiger partial charge is 0.437 e. The predicted molar refractivity (Wildman–Crippen MR) is 40.8 cm³/mol. The molecule has 44 valence electrons. The SMILES string of the molecule is [B]Nc1cccc(Cl)c1. The third-order valence-corrected chi connectivity index (χ3v) is 1.23. The zero-order chi connectivity index (χ0) is 6.69. The molecule has 1 aromatic carbocycles. The molecule has 0 aromatic heterocycles. The molecule has 1 rings (SSSR count). The van der Waals surface area contributed by atoms with Crippen LogP contribution in [0.2, 0.25) is 5.02 Å². The molecular formula is C6H5BClN. The van der Waals surface area contributed by atoms with Gasteiger partial charge >= 0.3 is 0 Å². The van der Waals surface area contributed by atoms with Crippen molar-refractivity contribution < 1.29 is 0 Å². The number of hydrogen-bond donors (Lipinski definition) is 1. The summed E-state index contributed by atoms with van der Waals surface area (Å²) in [5.74, 6) is 0. The van der Waals surface area contributed by atoms with E-state index < -0.39 is 0 Å². The maximum Gasteiger partial charge on any atom is 0.222 e. The van der Waals surface area contributed by atoms with Crippen LogP contribution in [0.3, 0.4) is 0 Å². The Hall–Kier alpha value is -0.625. The van der Waals surface area contributed by atoms with E-state index in [0.29, 0.717) is 5.02 Å². The highest BCUT2D eigenvalue weighted by Gasteiger charge is 1.86. The van der Waals surface area contributed by atoms with Crippen molar-refractivity contribution in [2.45, 2.75) is 0 Å². The van der Waals surface area contributed by atoms with Gasteiger partial charge in [0.25, 0.3) is 0 Å². The van der Waals surface area contributed by atoms with Gasteiger partial charge in [0.2, 0.25) is 7.98 Å². The lowest BCUT2D eigenvalue weighted by Gasteiger charge is -1.97. The minimum Gasteiger partial charge on any atom is -0.437 e. The van der Waals surface area contributed by atoms with E-state index in [4.69, 9.17) is 19.6 Å². The highest BCUT2D eigenvalue weighted by Crippen LogP contribution is 2.13. The Labute approximate surface area is 60.5 Å². The number of rotatable bonds is 1. The third kappa shape index (κ3) is 1.65. The Morgan fingerprint density at radius 2 is 2.22 bits per heavy atom. The van der Waals surface area contributed by atoms with Crippen LogP contribution in [-0.2, 0) is 0 Å². The monoisotopic (exact) mass is 137 g/mol. The van der Waals surface area contributed by atoms with Crippen molar-refractivity contribution in [2.24, 2.45) is 0 Å². The van der Waals surface area contributed by atoms with Crippen LogP contribution < -0.4 is 5.23 Å². The van der Waals surface area contributed by atoms with Crippen LogP contribution >= 0.6 is 11.6 Å². The van der Waals surface area contributed by atoms with Crippen molar-refractivity contribution in [1.82, 2.24) is 0 Å². The molecule has 0 atom stereocenters. The van der Waals surface area contributed by atoms with E-state index >= 15 is 0 Å². The number of hydrogen-bond acceptors (Lipinski definition) is 1. The molecule has 1 N–H and O–H groups in total. The lowest BCUT2D eigenvalue weighted by atomic mass is 10.3. The topological polar surface area (TPSA) is 12.0 Å². The fourth-order valence-electron chi connectivity index (χ4n) is 0.578. The van der Waals surface area contributed by atoms with Crippen LogP contribution in [0.25, 0.3) is 0 Å². The maximum atomic E-state index is 5.63. The minimum atomic E-state index is 0.686. The number of nitrogens with one attached hydrogen (secondary N) is 1. The quantitative estimate of drug-likeness (QED) is 0.582. The minimum absolute atomic E-state index is 0.686. The first-order valence-corrected chi connectivity index (χ1v) is 2.93. The van der Waals surface area contributed by atoms with E-state index in [1.54, 1.807) is 12.1 Å². The van der Waals surface area contributed by atoms with E-state index in [-0.39, 0.29) is 0 Å². The number of halogens is 1. The Balaban J connectivity index is 2.94. The molecule has 0 amide bonds. The Kier molecular flexibility index (Phi) is 2.01. The zero-order valence-electron chi connectivity index (χ0n) is 4.76. The summed E-state index contributed by atoms with van der Waals surface area (Å²) in [5.41, 5.74) is 0.822. The van der Waals surface area contributed by atoms with E-state index in [1.807, 2.05) is 12.1 Å². The van der Waals surface area contributed by atoms with Gasteiger partial charge in [-0.15, -0.1) is 0 Å². The molecule has 0 fully saturated rings. The summed E-state index contributed by atoms with van der Waals surface area (Å²) >= 11 is 5.63. The molecule has 9 heavy (non-hydrogen) atoms. The van der Waals surface area contributed by atoms with Crippen LogP contribution in [0.15, 0.2) is 24.3 Å². The molecule has 0 aliphatic rings. The van der Waals surface area contributed by atoms with E-state index in [0.717, 1.165) is 5.69 Å². The van der Waals surface area contributed by atoms with E-state index in [1.165, 1.54) is 0 Å². The summed E-state index contributed by atoms with van der Waals surface area (Å²) in [6, 6.07) is 7.22. The summed E-state index contributed by atoms with van der Waals surface area (Å²) < 4.78 is 0. The third-order valence-electron chi connectivity index (χ3n) is 0.991. The van der Waals surface area contributed by atoms with Gasteiger partial charge in [-0.2, -0.15) is 0 Å². The van der Waals surface area contributed by atoms with Crippen LogP contribution in [0.5, 0.6) is 0 Å². The fraction of sp³-hybridized carbons (Fsp3) is 0. The normalized spacial score (nSPS) is 9.00. The molecule has 0 saturated carbocycles. The summed E-state index contributed by atoms with van der Waals surface area (Å²) in [7, 11) is 5.11. The molecule has 0 heterocycles.